The van der Waals surface area contributed by atoms with Crippen LogP contribution < -0.4 is 9.46 Å². The minimum Gasteiger partial charge on any atom is -0.495 e. The number of rotatable bonds is 6. The van der Waals surface area contributed by atoms with Crippen LogP contribution in [0.4, 0.5) is 0 Å². The Bertz CT molecular complexity index is 1030. The largest absolute Gasteiger partial charge is 0.495 e. The fraction of sp³-hybridized carbons (Fsp3) is 0.222. The highest BCUT2D eigenvalue weighted by Gasteiger charge is 2.19. The molecule has 136 valence electrons. The number of hydrogen-bond acceptors (Lipinski definition) is 5. The molecule has 0 radical (unpaired) electrons. The zero-order valence-electron chi connectivity index (χ0n) is 14.8. The SMILES string of the molecule is COc1ccc(C)cc1S(=O)(=O)NCc1cncc(-c2ccnn2C)c1. The molecule has 0 saturated heterocycles. The predicted molar refractivity (Wildman–Crippen MR) is 98.2 cm³/mol. The third kappa shape index (κ3) is 3.76. The van der Waals surface area contributed by atoms with Crippen LogP contribution in [0.5, 0.6) is 5.75 Å². The average molecular weight is 372 g/mol. The van der Waals surface area contributed by atoms with E-state index in [9.17, 15) is 8.42 Å². The first-order valence-electron chi connectivity index (χ1n) is 7.97. The second kappa shape index (κ2) is 7.27. The molecule has 0 aliphatic heterocycles. The summed E-state index contributed by atoms with van der Waals surface area (Å²) in [4.78, 5) is 4.32. The molecule has 8 heteroatoms. The highest BCUT2D eigenvalue weighted by molar-refractivity contribution is 7.89. The lowest BCUT2D eigenvalue weighted by Crippen LogP contribution is -2.24. The van der Waals surface area contributed by atoms with E-state index in [0.29, 0.717) is 5.75 Å². The first-order chi connectivity index (χ1) is 12.4. The van der Waals surface area contributed by atoms with E-state index in [1.54, 1.807) is 41.5 Å². The molecule has 0 amide bonds. The van der Waals surface area contributed by atoms with Gasteiger partial charge in [0.25, 0.3) is 0 Å². The first-order valence-corrected chi connectivity index (χ1v) is 9.45. The highest BCUT2D eigenvalue weighted by Crippen LogP contribution is 2.25. The molecule has 26 heavy (non-hydrogen) atoms. The van der Waals surface area contributed by atoms with E-state index in [1.165, 1.54) is 7.11 Å². The third-order valence-electron chi connectivity index (χ3n) is 3.99. The number of hydrogen-bond donors (Lipinski definition) is 1. The van der Waals surface area contributed by atoms with Crippen molar-refractivity contribution < 1.29 is 13.2 Å². The Hall–Kier alpha value is -2.71. The number of benzene rings is 1. The average Bonchev–Trinajstić information content (AvgIpc) is 3.06. The summed E-state index contributed by atoms with van der Waals surface area (Å²) in [7, 11) is -0.428. The van der Waals surface area contributed by atoms with Crippen molar-refractivity contribution in [3.63, 3.8) is 0 Å². The monoisotopic (exact) mass is 372 g/mol. The molecule has 0 aliphatic rings. The lowest BCUT2D eigenvalue weighted by molar-refractivity contribution is 0.402. The number of sulfonamides is 1. The Morgan fingerprint density at radius 2 is 2.00 bits per heavy atom. The van der Waals surface area contributed by atoms with E-state index >= 15 is 0 Å². The Morgan fingerprint density at radius 3 is 2.69 bits per heavy atom. The quantitative estimate of drug-likeness (QED) is 0.717. The van der Waals surface area contributed by atoms with Crippen LogP contribution in [0, 0.1) is 6.92 Å². The van der Waals surface area contributed by atoms with Gasteiger partial charge < -0.3 is 4.74 Å². The van der Waals surface area contributed by atoms with E-state index < -0.39 is 10.0 Å². The van der Waals surface area contributed by atoms with Crippen molar-refractivity contribution in [2.75, 3.05) is 7.11 Å². The minimum absolute atomic E-state index is 0.121. The summed E-state index contributed by atoms with van der Waals surface area (Å²) in [6.07, 6.45) is 5.06. The van der Waals surface area contributed by atoms with E-state index in [-0.39, 0.29) is 11.4 Å². The summed E-state index contributed by atoms with van der Waals surface area (Å²) in [5.74, 6) is 0.310. The zero-order valence-corrected chi connectivity index (χ0v) is 15.6. The van der Waals surface area contributed by atoms with Gasteiger partial charge in [-0.05, 0) is 42.3 Å². The van der Waals surface area contributed by atoms with Gasteiger partial charge in [0.15, 0.2) is 0 Å². The fourth-order valence-corrected chi connectivity index (χ4v) is 3.90. The molecule has 0 aliphatic carbocycles. The van der Waals surface area contributed by atoms with Gasteiger partial charge in [-0.25, -0.2) is 13.1 Å². The van der Waals surface area contributed by atoms with Gasteiger partial charge in [0.05, 0.1) is 12.8 Å². The third-order valence-corrected chi connectivity index (χ3v) is 5.41. The molecule has 1 aromatic carbocycles. The van der Waals surface area contributed by atoms with Crippen LogP contribution in [-0.2, 0) is 23.6 Å². The molecule has 0 atom stereocenters. The maximum Gasteiger partial charge on any atom is 0.244 e. The van der Waals surface area contributed by atoms with Gasteiger partial charge in [-0.15, -0.1) is 0 Å². The molecule has 0 saturated carbocycles. The standard InChI is InChI=1S/C18H20N4O3S/c1-13-4-5-17(25-3)18(8-13)26(23,24)21-11-14-9-15(12-19-10-14)16-6-7-20-22(16)2/h4-10,12,21H,11H2,1-3H3. The second-order valence-electron chi connectivity index (χ2n) is 5.90. The Balaban J connectivity index is 1.83. The number of methoxy groups -OCH3 is 1. The van der Waals surface area contributed by atoms with Gasteiger partial charge >= 0.3 is 0 Å². The molecular weight excluding hydrogens is 352 g/mol. The van der Waals surface area contributed by atoms with E-state index in [2.05, 4.69) is 14.8 Å². The Morgan fingerprint density at radius 1 is 1.19 bits per heavy atom. The molecule has 3 rings (SSSR count). The predicted octanol–water partition coefficient (Wildman–Crippen LogP) is 2.28. The van der Waals surface area contributed by atoms with Crippen molar-refractivity contribution in [1.82, 2.24) is 19.5 Å². The summed E-state index contributed by atoms with van der Waals surface area (Å²) in [6, 6.07) is 8.81. The number of pyridine rings is 1. The van der Waals surface area contributed by atoms with Crippen LogP contribution in [0.2, 0.25) is 0 Å². The van der Waals surface area contributed by atoms with Crippen molar-refractivity contribution in [2.24, 2.45) is 7.05 Å². The summed E-state index contributed by atoms with van der Waals surface area (Å²) in [5, 5.41) is 4.14. The first kappa shape index (κ1) is 18.1. The molecule has 1 N–H and O–H groups in total. The molecule has 0 spiro atoms. The Kier molecular flexibility index (Phi) is 5.06. The maximum absolute atomic E-state index is 12.7. The lowest BCUT2D eigenvalue weighted by Gasteiger charge is -2.12. The second-order valence-corrected chi connectivity index (χ2v) is 7.64. The molecule has 0 bridgehead atoms. The number of ether oxygens (including phenoxy) is 1. The molecular formula is C18H20N4O3S. The van der Waals surface area contributed by atoms with Crippen LogP contribution in [-0.4, -0.2) is 30.3 Å². The van der Waals surface area contributed by atoms with Crippen LogP contribution in [0.15, 0.2) is 53.8 Å². The van der Waals surface area contributed by atoms with Crippen molar-refractivity contribution in [3.8, 4) is 17.0 Å². The van der Waals surface area contributed by atoms with Gasteiger partial charge in [0.1, 0.15) is 10.6 Å². The topological polar surface area (TPSA) is 86.1 Å². The minimum atomic E-state index is -3.72. The van der Waals surface area contributed by atoms with Crippen LogP contribution in [0.3, 0.4) is 0 Å². The smallest absolute Gasteiger partial charge is 0.244 e. The molecule has 0 unspecified atom stereocenters. The maximum atomic E-state index is 12.7. The Labute approximate surface area is 152 Å². The van der Waals surface area contributed by atoms with Crippen LogP contribution in [0.25, 0.3) is 11.3 Å². The van der Waals surface area contributed by atoms with Crippen molar-refractivity contribution in [2.45, 2.75) is 18.4 Å². The normalized spacial score (nSPS) is 11.5. The lowest BCUT2D eigenvalue weighted by atomic mass is 10.1. The summed E-state index contributed by atoms with van der Waals surface area (Å²) < 4.78 is 34.9. The number of aryl methyl sites for hydroxylation is 2. The van der Waals surface area contributed by atoms with Crippen molar-refractivity contribution in [3.05, 3.63) is 60.0 Å². The molecule has 2 aromatic heterocycles. The van der Waals surface area contributed by atoms with Gasteiger partial charge in [0.2, 0.25) is 10.0 Å². The van der Waals surface area contributed by atoms with E-state index in [1.807, 2.05) is 26.1 Å². The van der Waals surface area contributed by atoms with Gasteiger partial charge in [-0.1, -0.05) is 6.07 Å². The fourth-order valence-electron chi connectivity index (χ4n) is 2.63. The summed E-state index contributed by atoms with van der Waals surface area (Å²) >= 11 is 0. The summed E-state index contributed by atoms with van der Waals surface area (Å²) in [6.45, 7) is 1.96. The molecule has 2 heterocycles. The van der Waals surface area contributed by atoms with Crippen LogP contribution in [0.1, 0.15) is 11.1 Å². The van der Waals surface area contributed by atoms with Crippen LogP contribution >= 0.6 is 0 Å². The zero-order chi connectivity index (χ0) is 18.7. The van der Waals surface area contributed by atoms with E-state index in [0.717, 1.165) is 22.4 Å². The van der Waals surface area contributed by atoms with Gasteiger partial charge in [-0.3, -0.25) is 9.67 Å². The molecule has 3 aromatic rings. The van der Waals surface area contributed by atoms with Gasteiger partial charge in [-0.2, -0.15) is 5.10 Å². The summed E-state index contributed by atoms with van der Waals surface area (Å²) in [5.41, 5.74) is 3.36. The number of aromatic nitrogens is 3. The van der Waals surface area contributed by atoms with Gasteiger partial charge in [0, 0.05) is 37.7 Å². The van der Waals surface area contributed by atoms with E-state index in [4.69, 9.17) is 4.74 Å². The van der Waals surface area contributed by atoms with Crippen molar-refractivity contribution in [1.29, 1.82) is 0 Å². The molecule has 7 nitrogen and oxygen atoms in total. The number of nitrogens with one attached hydrogen (secondary N) is 1. The number of nitrogens with zero attached hydrogens (tertiary/aromatic N) is 3. The highest BCUT2D eigenvalue weighted by atomic mass is 32.2. The van der Waals surface area contributed by atoms with Crippen molar-refractivity contribution >= 4 is 10.0 Å². The molecule has 0 fully saturated rings.